The third-order valence-electron chi connectivity index (χ3n) is 4.42. The van der Waals surface area contributed by atoms with Crippen molar-refractivity contribution in [3.05, 3.63) is 21.9 Å². The Morgan fingerprint density at radius 3 is 2.83 bits per heavy atom. The number of carbonyl (C=O) groups is 1. The minimum atomic E-state index is 0.0733. The van der Waals surface area contributed by atoms with Crippen molar-refractivity contribution in [3.8, 4) is 0 Å². The molecule has 1 aromatic heterocycles. The van der Waals surface area contributed by atoms with Crippen LogP contribution in [-0.4, -0.2) is 36.5 Å². The van der Waals surface area contributed by atoms with Gasteiger partial charge in [-0.3, -0.25) is 9.69 Å². The van der Waals surface area contributed by atoms with E-state index in [1.807, 2.05) is 11.3 Å². The maximum absolute atomic E-state index is 11.7. The molecule has 0 spiro atoms. The molecule has 130 valence electrons. The fourth-order valence-corrected chi connectivity index (χ4v) is 4.11. The van der Waals surface area contributed by atoms with Gasteiger partial charge in [-0.2, -0.15) is 0 Å². The molecule has 23 heavy (non-hydrogen) atoms. The lowest BCUT2D eigenvalue weighted by Crippen LogP contribution is -2.46. The maximum atomic E-state index is 11.7. The first-order chi connectivity index (χ1) is 10.9. The Bertz CT molecular complexity index is 507. The van der Waals surface area contributed by atoms with Gasteiger partial charge in [-0.1, -0.05) is 27.2 Å². The number of hydrogen-bond donors (Lipinski definition) is 2. The van der Waals surface area contributed by atoms with Gasteiger partial charge < -0.3 is 11.1 Å². The summed E-state index contributed by atoms with van der Waals surface area (Å²) in [6, 6.07) is 4.98. The van der Waals surface area contributed by atoms with E-state index in [0.29, 0.717) is 19.0 Å². The van der Waals surface area contributed by atoms with Crippen LogP contribution in [0, 0.1) is 0 Å². The van der Waals surface area contributed by atoms with Crippen molar-refractivity contribution in [2.45, 2.75) is 64.5 Å². The SMILES string of the molecule is CC(C)(C)c1ccc(CN2CCCCC2CNC(=O)CCN)s1. The number of hydrogen-bond acceptors (Lipinski definition) is 4. The van der Waals surface area contributed by atoms with Crippen LogP contribution in [0.25, 0.3) is 0 Å². The van der Waals surface area contributed by atoms with E-state index in [0.717, 1.165) is 19.6 Å². The number of thiophene rings is 1. The summed E-state index contributed by atoms with van der Waals surface area (Å²) in [5.41, 5.74) is 5.66. The van der Waals surface area contributed by atoms with E-state index in [2.05, 4.69) is 43.1 Å². The monoisotopic (exact) mass is 337 g/mol. The molecule has 2 heterocycles. The van der Waals surface area contributed by atoms with Crippen molar-refractivity contribution in [2.75, 3.05) is 19.6 Å². The zero-order chi connectivity index (χ0) is 16.9. The number of nitrogens with two attached hydrogens (primary N) is 1. The van der Waals surface area contributed by atoms with E-state index in [-0.39, 0.29) is 11.3 Å². The molecule has 0 aliphatic carbocycles. The third kappa shape index (κ3) is 5.59. The van der Waals surface area contributed by atoms with Crippen molar-refractivity contribution < 1.29 is 4.79 Å². The number of nitrogens with zero attached hydrogens (tertiary/aromatic N) is 1. The Hall–Kier alpha value is -0.910. The second kappa shape index (κ2) is 8.27. The first-order valence-corrected chi connectivity index (χ1v) is 9.52. The number of piperidine rings is 1. The predicted octanol–water partition coefficient (Wildman–Crippen LogP) is 2.87. The lowest BCUT2D eigenvalue weighted by molar-refractivity contribution is -0.121. The van der Waals surface area contributed by atoms with Gasteiger partial charge in [0.05, 0.1) is 0 Å². The number of likely N-dealkylation sites (tertiary alicyclic amines) is 1. The maximum Gasteiger partial charge on any atom is 0.221 e. The lowest BCUT2D eigenvalue weighted by Gasteiger charge is -2.35. The smallest absolute Gasteiger partial charge is 0.221 e. The van der Waals surface area contributed by atoms with Crippen LogP contribution < -0.4 is 11.1 Å². The molecular weight excluding hydrogens is 306 g/mol. The highest BCUT2D eigenvalue weighted by atomic mass is 32.1. The number of nitrogens with one attached hydrogen (secondary N) is 1. The summed E-state index contributed by atoms with van der Waals surface area (Å²) in [6.45, 7) is 10.1. The van der Waals surface area contributed by atoms with Gasteiger partial charge in [0.1, 0.15) is 0 Å². The Morgan fingerprint density at radius 2 is 2.17 bits per heavy atom. The molecular formula is C18H31N3OS. The zero-order valence-corrected chi connectivity index (χ0v) is 15.5. The van der Waals surface area contributed by atoms with Gasteiger partial charge in [0.2, 0.25) is 5.91 Å². The van der Waals surface area contributed by atoms with E-state index in [1.54, 1.807) is 0 Å². The largest absolute Gasteiger partial charge is 0.354 e. The molecule has 1 aromatic rings. The standard InChI is InChI=1S/C18H31N3OS/c1-18(2,3)16-8-7-15(23-16)13-21-11-5-4-6-14(21)12-20-17(22)9-10-19/h7-8,14H,4-6,9-13,19H2,1-3H3,(H,20,22). The van der Waals surface area contributed by atoms with E-state index in [1.165, 1.54) is 29.0 Å². The summed E-state index contributed by atoms with van der Waals surface area (Å²) < 4.78 is 0. The molecule has 1 unspecified atom stereocenters. The van der Waals surface area contributed by atoms with Gasteiger partial charge in [-0.25, -0.2) is 0 Å². The van der Waals surface area contributed by atoms with Crippen molar-refractivity contribution in [3.63, 3.8) is 0 Å². The van der Waals surface area contributed by atoms with Crippen molar-refractivity contribution in [1.29, 1.82) is 0 Å². The summed E-state index contributed by atoms with van der Waals surface area (Å²) in [7, 11) is 0. The summed E-state index contributed by atoms with van der Waals surface area (Å²) in [4.78, 5) is 17.1. The molecule has 1 fully saturated rings. The fraction of sp³-hybridized carbons (Fsp3) is 0.722. The predicted molar refractivity (Wildman–Crippen MR) is 97.7 cm³/mol. The van der Waals surface area contributed by atoms with E-state index < -0.39 is 0 Å². The topological polar surface area (TPSA) is 58.4 Å². The van der Waals surface area contributed by atoms with Crippen molar-refractivity contribution in [1.82, 2.24) is 10.2 Å². The number of amides is 1. The fourth-order valence-electron chi connectivity index (χ4n) is 3.02. The molecule has 1 saturated heterocycles. The normalized spacial score (nSPS) is 19.7. The van der Waals surface area contributed by atoms with E-state index in [4.69, 9.17) is 5.73 Å². The first-order valence-electron chi connectivity index (χ1n) is 8.70. The molecule has 4 nitrogen and oxygen atoms in total. The molecule has 1 amide bonds. The molecule has 5 heteroatoms. The Kier molecular flexibility index (Phi) is 6.62. The van der Waals surface area contributed by atoms with E-state index >= 15 is 0 Å². The molecule has 1 atom stereocenters. The Labute approximate surface area is 144 Å². The molecule has 0 saturated carbocycles. The minimum Gasteiger partial charge on any atom is -0.354 e. The van der Waals surface area contributed by atoms with Crippen LogP contribution >= 0.6 is 11.3 Å². The Morgan fingerprint density at radius 1 is 1.39 bits per heavy atom. The van der Waals surface area contributed by atoms with Crippen LogP contribution in [0.3, 0.4) is 0 Å². The first kappa shape index (κ1) is 18.4. The second-order valence-corrected chi connectivity index (χ2v) is 8.65. The number of rotatable bonds is 6. The van der Waals surface area contributed by atoms with Gasteiger partial charge in [0, 0.05) is 41.9 Å². The summed E-state index contributed by atoms with van der Waals surface area (Å²) in [6.07, 6.45) is 4.10. The summed E-state index contributed by atoms with van der Waals surface area (Å²) in [5.74, 6) is 0.0733. The van der Waals surface area contributed by atoms with Crippen LogP contribution in [0.15, 0.2) is 12.1 Å². The lowest BCUT2D eigenvalue weighted by atomic mass is 9.95. The van der Waals surface area contributed by atoms with Crippen molar-refractivity contribution in [2.24, 2.45) is 5.73 Å². The number of carbonyl (C=O) groups excluding carboxylic acids is 1. The third-order valence-corrected chi connectivity index (χ3v) is 5.91. The highest BCUT2D eigenvalue weighted by Crippen LogP contribution is 2.31. The molecule has 2 rings (SSSR count). The molecule has 3 N–H and O–H groups in total. The van der Waals surface area contributed by atoms with Crippen LogP contribution in [0.4, 0.5) is 0 Å². The van der Waals surface area contributed by atoms with Crippen LogP contribution in [0.1, 0.15) is 56.2 Å². The van der Waals surface area contributed by atoms with Gasteiger partial charge in [0.15, 0.2) is 0 Å². The molecule has 1 aliphatic heterocycles. The quantitative estimate of drug-likeness (QED) is 0.839. The minimum absolute atomic E-state index is 0.0733. The van der Waals surface area contributed by atoms with Gasteiger partial charge in [0.25, 0.3) is 0 Å². The second-order valence-electron chi connectivity index (χ2n) is 7.48. The van der Waals surface area contributed by atoms with Gasteiger partial charge in [-0.05, 0) is 36.9 Å². The van der Waals surface area contributed by atoms with Gasteiger partial charge in [-0.15, -0.1) is 11.3 Å². The van der Waals surface area contributed by atoms with E-state index in [9.17, 15) is 4.79 Å². The van der Waals surface area contributed by atoms with Crippen molar-refractivity contribution >= 4 is 17.2 Å². The summed E-state index contributed by atoms with van der Waals surface area (Å²) >= 11 is 1.92. The highest BCUT2D eigenvalue weighted by Gasteiger charge is 2.24. The highest BCUT2D eigenvalue weighted by molar-refractivity contribution is 7.12. The van der Waals surface area contributed by atoms with Gasteiger partial charge >= 0.3 is 0 Å². The average molecular weight is 338 g/mol. The summed E-state index contributed by atoms with van der Waals surface area (Å²) in [5, 5.41) is 3.04. The molecule has 0 radical (unpaired) electrons. The molecule has 0 aromatic carbocycles. The molecule has 0 bridgehead atoms. The van der Waals surface area contributed by atoms with Crippen LogP contribution in [-0.2, 0) is 16.8 Å². The van der Waals surface area contributed by atoms with Crippen LogP contribution in [0.2, 0.25) is 0 Å². The zero-order valence-electron chi connectivity index (χ0n) is 14.7. The van der Waals surface area contributed by atoms with Crippen LogP contribution in [0.5, 0.6) is 0 Å². The molecule has 1 aliphatic rings. The Balaban J connectivity index is 1.93. The average Bonchev–Trinajstić information content (AvgIpc) is 2.95.